The van der Waals surface area contributed by atoms with Gasteiger partial charge in [-0.25, -0.2) is 4.39 Å². The van der Waals surface area contributed by atoms with Gasteiger partial charge >= 0.3 is 0 Å². The number of carbonyl (C=O) groups excluding carboxylic acids is 1. The van der Waals surface area contributed by atoms with Crippen LogP contribution in [0.2, 0.25) is 0 Å². The summed E-state index contributed by atoms with van der Waals surface area (Å²) < 4.78 is 16.1. The number of para-hydroxylation sites is 1. The number of nitro groups is 1. The number of nitro benzene ring substituents is 1. The van der Waals surface area contributed by atoms with Crippen molar-refractivity contribution in [2.45, 2.75) is 17.5 Å². The molecule has 0 aliphatic carbocycles. The molecule has 5 rings (SSSR count). The van der Waals surface area contributed by atoms with Crippen LogP contribution in [0.4, 0.5) is 15.8 Å². The van der Waals surface area contributed by atoms with Crippen LogP contribution < -0.4 is 4.90 Å². The molecule has 3 aromatic carbocycles. The summed E-state index contributed by atoms with van der Waals surface area (Å²) in [6, 6.07) is 20.4. The number of aromatic nitrogens is 3. The van der Waals surface area contributed by atoms with E-state index in [4.69, 9.17) is 0 Å². The Balaban J connectivity index is 1.29. The molecule has 11 heteroatoms. The lowest BCUT2D eigenvalue weighted by molar-refractivity contribution is -0.384. The van der Waals surface area contributed by atoms with E-state index in [0.29, 0.717) is 66.3 Å². The van der Waals surface area contributed by atoms with Gasteiger partial charge in [0.2, 0.25) is 0 Å². The van der Waals surface area contributed by atoms with Gasteiger partial charge in [-0.1, -0.05) is 48.2 Å². The quantitative estimate of drug-likeness (QED) is 0.117. The lowest BCUT2D eigenvalue weighted by Crippen LogP contribution is -2.49. The van der Waals surface area contributed by atoms with Crippen molar-refractivity contribution >= 4 is 29.0 Å². The number of rotatable bonds is 9. The number of nitrogens with zero attached hydrogens (tertiary/aromatic N) is 6. The molecule has 1 aromatic heterocycles. The zero-order chi connectivity index (χ0) is 28.1. The van der Waals surface area contributed by atoms with E-state index in [2.05, 4.69) is 16.8 Å². The van der Waals surface area contributed by atoms with Crippen LogP contribution in [-0.2, 0) is 12.3 Å². The van der Waals surface area contributed by atoms with E-state index in [-0.39, 0.29) is 17.4 Å². The molecular weight excluding hydrogens is 531 g/mol. The van der Waals surface area contributed by atoms with E-state index < -0.39 is 4.92 Å². The van der Waals surface area contributed by atoms with Crippen LogP contribution in [-0.4, -0.2) is 56.7 Å². The molecule has 0 radical (unpaired) electrons. The fourth-order valence-corrected chi connectivity index (χ4v) is 5.61. The van der Waals surface area contributed by atoms with Crippen LogP contribution in [0.15, 0.2) is 90.6 Å². The minimum atomic E-state index is -0.443. The monoisotopic (exact) mass is 558 g/mol. The van der Waals surface area contributed by atoms with Crippen molar-refractivity contribution < 1.29 is 14.1 Å². The number of anilines is 1. The van der Waals surface area contributed by atoms with Gasteiger partial charge in [-0.05, 0) is 35.9 Å². The third kappa shape index (κ3) is 5.74. The summed E-state index contributed by atoms with van der Waals surface area (Å²) in [7, 11) is 0. The molecule has 1 aliphatic heterocycles. The van der Waals surface area contributed by atoms with Crippen LogP contribution in [0.25, 0.3) is 11.4 Å². The molecule has 40 heavy (non-hydrogen) atoms. The predicted molar refractivity (Wildman–Crippen MR) is 153 cm³/mol. The van der Waals surface area contributed by atoms with Gasteiger partial charge in [-0.2, -0.15) is 0 Å². The number of hydrogen-bond acceptors (Lipinski definition) is 7. The van der Waals surface area contributed by atoms with Crippen molar-refractivity contribution in [3.63, 3.8) is 0 Å². The number of piperazine rings is 1. The van der Waals surface area contributed by atoms with Gasteiger partial charge in [0, 0.05) is 61.7 Å². The standard InChI is InChI=1S/C29H27FN6O3S/c1-2-15-35-27(21-11-13-23(14-12-21)36(38)39)31-32-29(35)40-20-22-7-3-4-8-24(22)28(37)34-18-16-33(17-19-34)26-10-6-5-9-25(26)30/h2-14H,1,15-20H2. The second kappa shape index (κ2) is 12.1. The molecule has 0 atom stereocenters. The van der Waals surface area contributed by atoms with Gasteiger partial charge in [-0.15, -0.1) is 16.8 Å². The summed E-state index contributed by atoms with van der Waals surface area (Å²) in [6.07, 6.45) is 1.74. The third-order valence-electron chi connectivity index (χ3n) is 6.73. The lowest BCUT2D eigenvalue weighted by Gasteiger charge is -2.36. The van der Waals surface area contributed by atoms with Crippen LogP contribution in [0.5, 0.6) is 0 Å². The van der Waals surface area contributed by atoms with Crippen LogP contribution in [0.3, 0.4) is 0 Å². The summed E-state index contributed by atoms with van der Waals surface area (Å²) in [5, 5.41) is 20.3. The number of thioether (sulfide) groups is 1. The molecule has 9 nitrogen and oxygen atoms in total. The molecule has 1 amide bonds. The normalized spacial score (nSPS) is 13.3. The number of hydrogen-bond donors (Lipinski definition) is 0. The highest BCUT2D eigenvalue weighted by Gasteiger charge is 2.25. The molecule has 204 valence electrons. The highest BCUT2D eigenvalue weighted by molar-refractivity contribution is 7.98. The van der Waals surface area contributed by atoms with Crippen LogP contribution in [0.1, 0.15) is 15.9 Å². The van der Waals surface area contributed by atoms with Gasteiger partial charge in [0.25, 0.3) is 11.6 Å². The van der Waals surface area contributed by atoms with Gasteiger partial charge in [0.1, 0.15) is 5.82 Å². The highest BCUT2D eigenvalue weighted by atomic mass is 32.2. The van der Waals surface area contributed by atoms with Crippen molar-refractivity contribution in [2.24, 2.45) is 0 Å². The van der Waals surface area contributed by atoms with E-state index in [9.17, 15) is 19.3 Å². The minimum absolute atomic E-state index is 0.00283. The lowest BCUT2D eigenvalue weighted by atomic mass is 10.1. The molecule has 0 unspecified atom stereocenters. The molecule has 1 saturated heterocycles. The maximum absolute atomic E-state index is 14.2. The topological polar surface area (TPSA) is 97.4 Å². The first kappa shape index (κ1) is 27.1. The molecule has 4 aromatic rings. The van der Waals surface area contributed by atoms with Crippen molar-refractivity contribution in [1.29, 1.82) is 0 Å². The fourth-order valence-electron chi connectivity index (χ4n) is 4.66. The zero-order valence-electron chi connectivity index (χ0n) is 21.6. The van der Waals surface area contributed by atoms with Crippen molar-refractivity contribution in [1.82, 2.24) is 19.7 Å². The predicted octanol–water partition coefficient (Wildman–Crippen LogP) is 5.43. The molecule has 0 bridgehead atoms. The summed E-state index contributed by atoms with van der Waals surface area (Å²) in [4.78, 5) is 27.9. The van der Waals surface area contributed by atoms with E-state index >= 15 is 0 Å². The maximum atomic E-state index is 14.2. The van der Waals surface area contributed by atoms with Gasteiger partial charge in [0.15, 0.2) is 11.0 Å². The number of amides is 1. The Morgan fingerprint density at radius 2 is 1.70 bits per heavy atom. The number of allylic oxidation sites excluding steroid dienone is 1. The molecule has 0 N–H and O–H groups in total. The van der Waals surface area contributed by atoms with Crippen LogP contribution >= 0.6 is 11.8 Å². The summed E-state index contributed by atoms with van der Waals surface area (Å²) in [6.45, 7) is 6.40. The number of non-ortho nitro benzene ring substituents is 1. The average molecular weight is 559 g/mol. The van der Waals surface area contributed by atoms with Crippen molar-refractivity contribution in [3.05, 3.63) is 113 Å². The SMILES string of the molecule is C=CCn1c(SCc2ccccc2C(=O)N2CCN(c3ccccc3F)CC2)nnc1-c1ccc([N+](=O)[O-])cc1. The Labute approximate surface area is 235 Å². The highest BCUT2D eigenvalue weighted by Crippen LogP contribution is 2.29. The third-order valence-corrected chi connectivity index (χ3v) is 7.74. The Morgan fingerprint density at radius 3 is 2.40 bits per heavy atom. The number of carbonyl (C=O) groups is 1. The average Bonchev–Trinajstić information content (AvgIpc) is 3.39. The smallest absolute Gasteiger partial charge is 0.269 e. The van der Waals surface area contributed by atoms with E-state index in [1.54, 1.807) is 30.3 Å². The Morgan fingerprint density at radius 1 is 1.00 bits per heavy atom. The van der Waals surface area contributed by atoms with Crippen LogP contribution in [0, 0.1) is 15.9 Å². The van der Waals surface area contributed by atoms with Crippen molar-refractivity contribution in [3.8, 4) is 11.4 Å². The van der Waals surface area contributed by atoms with Gasteiger partial charge in [-0.3, -0.25) is 19.5 Å². The second-order valence-electron chi connectivity index (χ2n) is 9.19. The second-order valence-corrected chi connectivity index (χ2v) is 10.1. The molecule has 0 spiro atoms. The summed E-state index contributed by atoms with van der Waals surface area (Å²) in [5.74, 6) is 0.760. The molecule has 0 saturated carbocycles. The first-order valence-corrected chi connectivity index (χ1v) is 13.7. The molecule has 1 aliphatic rings. The minimum Gasteiger partial charge on any atom is -0.366 e. The molecule has 2 heterocycles. The Hall–Kier alpha value is -4.51. The molecular formula is C29H27FN6O3S. The van der Waals surface area contributed by atoms with Crippen molar-refractivity contribution in [2.75, 3.05) is 31.1 Å². The Kier molecular flexibility index (Phi) is 8.20. The maximum Gasteiger partial charge on any atom is 0.269 e. The van der Waals surface area contributed by atoms with Gasteiger partial charge < -0.3 is 9.80 Å². The molecule has 1 fully saturated rings. The van der Waals surface area contributed by atoms with E-state index in [1.165, 1.54) is 30.0 Å². The largest absolute Gasteiger partial charge is 0.366 e. The number of benzene rings is 3. The van der Waals surface area contributed by atoms with E-state index in [1.807, 2.05) is 44.7 Å². The summed E-state index contributed by atoms with van der Waals surface area (Å²) >= 11 is 1.45. The zero-order valence-corrected chi connectivity index (χ0v) is 22.5. The van der Waals surface area contributed by atoms with Gasteiger partial charge in [0.05, 0.1) is 10.6 Å². The first-order valence-electron chi connectivity index (χ1n) is 12.7. The fraction of sp³-hybridized carbons (Fsp3) is 0.207. The number of halogens is 1. The Bertz CT molecular complexity index is 1530. The summed E-state index contributed by atoms with van der Waals surface area (Å²) in [5.41, 5.74) is 2.77. The first-order chi connectivity index (χ1) is 19.5. The van der Waals surface area contributed by atoms with E-state index in [0.717, 1.165) is 5.56 Å².